The Balaban J connectivity index is 2.46. The molecule has 0 bridgehead atoms. The van der Waals surface area contributed by atoms with Gasteiger partial charge in [-0.1, -0.05) is 11.6 Å². The lowest BCUT2D eigenvalue weighted by Gasteiger charge is -2.22. The van der Waals surface area contributed by atoms with Crippen LogP contribution in [-0.2, 0) is 4.79 Å². The molecule has 0 atom stereocenters. The first-order valence-corrected chi connectivity index (χ1v) is 5.67. The number of carbonyl (C=O) groups excluding carboxylic acids is 2. The molecule has 114 valence electrons. The highest BCUT2D eigenvalue weighted by Crippen LogP contribution is 2.41. The van der Waals surface area contributed by atoms with Crippen molar-refractivity contribution in [2.75, 3.05) is 11.9 Å². The van der Waals surface area contributed by atoms with Gasteiger partial charge >= 0.3 is 12.1 Å². The largest absolute Gasteiger partial charge is 0.482 e. The summed E-state index contributed by atoms with van der Waals surface area (Å²) in [7, 11) is 0. The van der Waals surface area contributed by atoms with E-state index in [1.54, 1.807) is 0 Å². The molecule has 0 aromatic heterocycles. The quantitative estimate of drug-likeness (QED) is 0.670. The van der Waals surface area contributed by atoms with Gasteiger partial charge in [-0.2, -0.15) is 22.0 Å². The SMILES string of the molecule is O=C1COc2cc(C(=O)C(F)(F)C(F)(F)F)c(Cl)cc2N1. The number of alkyl halides is 5. The van der Waals surface area contributed by atoms with E-state index in [4.69, 9.17) is 16.3 Å². The number of amides is 1. The molecule has 1 N–H and O–H groups in total. The maximum atomic E-state index is 13.0. The van der Waals surface area contributed by atoms with Gasteiger partial charge in [-0.3, -0.25) is 9.59 Å². The topological polar surface area (TPSA) is 55.4 Å². The number of halogens is 6. The molecular weight excluding hydrogens is 325 g/mol. The van der Waals surface area contributed by atoms with Crippen molar-refractivity contribution in [2.24, 2.45) is 0 Å². The number of ketones is 1. The van der Waals surface area contributed by atoms with Crippen LogP contribution in [0.1, 0.15) is 10.4 Å². The third-order valence-corrected chi connectivity index (χ3v) is 2.90. The molecule has 0 saturated heterocycles. The smallest absolute Gasteiger partial charge is 0.461 e. The van der Waals surface area contributed by atoms with Crippen LogP contribution in [0.25, 0.3) is 0 Å². The summed E-state index contributed by atoms with van der Waals surface area (Å²) in [6, 6.07) is 1.51. The lowest BCUT2D eigenvalue weighted by molar-refractivity contribution is -0.255. The fraction of sp³-hybridized carbons (Fsp3) is 0.273. The molecule has 1 aliphatic rings. The van der Waals surface area contributed by atoms with Crippen molar-refractivity contribution in [3.05, 3.63) is 22.7 Å². The van der Waals surface area contributed by atoms with Gasteiger partial charge in [0.05, 0.1) is 10.7 Å². The van der Waals surface area contributed by atoms with E-state index in [1.165, 1.54) is 0 Å². The van der Waals surface area contributed by atoms with Gasteiger partial charge in [0.1, 0.15) is 5.75 Å². The lowest BCUT2D eigenvalue weighted by Crippen LogP contribution is -2.44. The number of Topliss-reactive ketones (excluding diaryl/α,β-unsaturated/α-hetero) is 1. The fourth-order valence-corrected chi connectivity index (χ4v) is 1.82. The molecule has 1 heterocycles. The Labute approximate surface area is 118 Å². The Morgan fingerprint density at radius 3 is 2.43 bits per heavy atom. The Hall–Kier alpha value is -1.90. The predicted molar refractivity (Wildman–Crippen MR) is 60.9 cm³/mol. The molecule has 21 heavy (non-hydrogen) atoms. The van der Waals surface area contributed by atoms with Crippen LogP contribution in [-0.4, -0.2) is 30.4 Å². The van der Waals surface area contributed by atoms with Gasteiger partial charge in [0.25, 0.3) is 5.91 Å². The highest BCUT2D eigenvalue weighted by atomic mass is 35.5. The number of ether oxygens (including phenoxy) is 1. The van der Waals surface area contributed by atoms with Crippen LogP contribution in [0.3, 0.4) is 0 Å². The summed E-state index contributed by atoms with van der Waals surface area (Å²) in [6.07, 6.45) is -6.04. The van der Waals surface area contributed by atoms with E-state index in [9.17, 15) is 31.5 Å². The van der Waals surface area contributed by atoms with Crippen molar-refractivity contribution >= 4 is 29.0 Å². The summed E-state index contributed by atoms with van der Waals surface area (Å²) in [5, 5.41) is 1.61. The summed E-state index contributed by atoms with van der Waals surface area (Å²) in [6.45, 7) is -0.460. The van der Waals surface area contributed by atoms with Crippen molar-refractivity contribution in [2.45, 2.75) is 12.1 Å². The highest BCUT2D eigenvalue weighted by Gasteiger charge is 2.63. The third-order valence-electron chi connectivity index (χ3n) is 2.59. The molecule has 10 heteroatoms. The van der Waals surface area contributed by atoms with E-state index in [1.807, 2.05) is 0 Å². The summed E-state index contributed by atoms with van der Waals surface area (Å²) < 4.78 is 67.5. The van der Waals surface area contributed by atoms with Crippen molar-refractivity contribution in [3.63, 3.8) is 0 Å². The molecule has 2 rings (SSSR count). The second-order valence-corrected chi connectivity index (χ2v) is 4.47. The van der Waals surface area contributed by atoms with Crippen LogP contribution in [0.4, 0.5) is 27.6 Å². The van der Waals surface area contributed by atoms with Crippen molar-refractivity contribution in [3.8, 4) is 5.75 Å². The number of benzene rings is 1. The maximum absolute atomic E-state index is 13.0. The zero-order chi connectivity index (χ0) is 16.0. The first-order valence-electron chi connectivity index (χ1n) is 5.29. The van der Waals surface area contributed by atoms with Gasteiger partial charge in [0.2, 0.25) is 5.78 Å². The highest BCUT2D eigenvalue weighted by molar-refractivity contribution is 6.35. The lowest BCUT2D eigenvalue weighted by atomic mass is 10.0. The van der Waals surface area contributed by atoms with E-state index in [2.05, 4.69) is 5.32 Å². The van der Waals surface area contributed by atoms with E-state index in [0.29, 0.717) is 6.07 Å². The van der Waals surface area contributed by atoms with Gasteiger partial charge in [0, 0.05) is 5.56 Å². The molecular formula is C11H5ClF5NO3. The monoisotopic (exact) mass is 329 g/mol. The average molecular weight is 330 g/mol. The summed E-state index contributed by atoms with van der Waals surface area (Å²) in [5.74, 6) is -8.86. The average Bonchev–Trinajstić information content (AvgIpc) is 2.35. The van der Waals surface area contributed by atoms with E-state index < -0.39 is 41.0 Å². The van der Waals surface area contributed by atoms with Gasteiger partial charge in [-0.15, -0.1) is 0 Å². The molecule has 0 saturated carbocycles. The number of hydrogen-bond acceptors (Lipinski definition) is 3. The number of rotatable bonds is 2. The Morgan fingerprint density at radius 2 is 1.86 bits per heavy atom. The van der Waals surface area contributed by atoms with Gasteiger partial charge in [0.15, 0.2) is 6.61 Å². The predicted octanol–water partition coefficient (Wildman–Crippen LogP) is 3.05. The summed E-state index contributed by atoms with van der Waals surface area (Å²) >= 11 is 5.53. The fourth-order valence-electron chi connectivity index (χ4n) is 1.57. The van der Waals surface area contributed by atoms with Crippen molar-refractivity contribution in [1.29, 1.82) is 0 Å². The molecule has 4 nitrogen and oxygen atoms in total. The number of carbonyl (C=O) groups is 2. The van der Waals surface area contributed by atoms with E-state index in [-0.39, 0.29) is 11.4 Å². The number of fused-ring (bicyclic) bond motifs is 1. The summed E-state index contributed by atoms with van der Waals surface area (Å²) in [5.41, 5.74) is -1.07. The minimum Gasteiger partial charge on any atom is -0.482 e. The zero-order valence-corrected chi connectivity index (χ0v) is 10.6. The van der Waals surface area contributed by atoms with Crippen LogP contribution < -0.4 is 10.1 Å². The van der Waals surface area contributed by atoms with Crippen LogP contribution in [0.5, 0.6) is 5.75 Å². The number of hydrogen-bond donors (Lipinski definition) is 1. The number of nitrogens with one attached hydrogen (secondary N) is 1. The second kappa shape index (κ2) is 4.83. The Kier molecular flexibility index (Phi) is 3.56. The molecule has 0 unspecified atom stereocenters. The Morgan fingerprint density at radius 1 is 1.24 bits per heavy atom. The van der Waals surface area contributed by atoms with Crippen LogP contribution >= 0.6 is 11.6 Å². The summed E-state index contributed by atoms with van der Waals surface area (Å²) in [4.78, 5) is 22.4. The first kappa shape index (κ1) is 15.5. The Bertz CT molecular complexity index is 629. The molecule has 1 aromatic rings. The third kappa shape index (κ3) is 2.65. The standard InChI is InChI=1S/C11H5ClF5NO3/c12-5-2-6-7(21-3-8(19)18-6)1-4(5)9(20)10(13,14)11(15,16)17/h1-2H,3H2,(H,18,19). The minimum atomic E-state index is -6.04. The van der Waals surface area contributed by atoms with Crippen LogP contribution in [0.15, 0.2) is 12.1 Å². The number of anilines is 1. The molecule has 1 aromatic carbocycles. The van der Waals surface area contributed by atoms with E-state index in [0.717, 1.165) is 6.07 Å². The van der Waals surface area contributed by atoms with Crippen LogP contribution in [0, 0.1) is 0 Å². The van der Waals surface area contributed by atoms with Gasteiger partial charge < -0.3 is 10.1 Å². The second-order valence-electron chi connectivity index (χ2n) is 4.07. The van der Waals surface area contributed by atoms with Crippen LogP contribution in [0.2, 0.25) is 5.02 Å². The normalized spacial score (nSPS) is 15.0. The first-order chi connectivity index (χ1) is 9.54. The van der Waals surface area contributed by atoms with E-state index >= 15 is 0 Å². The molecule has 0 radical (unpaired) electrons. The molecule has 0 aliphatic carbocycles. The zero-order valence-electron chi connectivity index (χ0n) is 9.85. The molecule has 1 amide bonds. The maximum Gasteiger partial charge on any atom is 0.461 e. The van der Waals surface area contributed by atoms with Gasteiger partial charge in [-0.05, 0) is 12.1 Å². The van der Waals surface area contributed by atoms with Crippen molar-refractivity contribution in [1.82, 2.24) is 0 Å². The minimum absolute atomic E-state index is 0.0249. The molecule has 0 fully saturated rings. The van der Waals surface area contributed by atoms with Gasteiger partial charge in [-0.25, -0.2) is 0 Å². The van der Waals surface area contributed by atoms with Crippen molar-refractivity contribution < 1.29 is 36.3 Å². The molecule has 0 spiro atoms. The molecule has 1 aliphatic heterocycles.